The van der Waals surface area contributed by atoms with Gasteiger partial charge in [0.1, 0.15) is 6.54 Å². The highest BCUT2D eigenvalue weighted by atomic mass is 16.1. The van der Waals surface area contributed by atoms with Crippen LogP contribution in [0.25, 0.3) is 0 Å². The minimum Gasteiger partial charge on any atom is -0.328 e. The van der Waals surface area contributed by atoms with Gasteiger partial charge in [0.15, 0.2) is 0 Å². The summed E-state index contributed by atoms with van der Waals surface area (Å²) in [6.45, 7) is 2.39. The molecule has 4 heteroatoms. The number of nitrogens with zero attached hydrogens (tertiary/aromatic N) is 2. The predicted molar refractivity (Wildman–Crippen MR) is 66.7 cm³/mol. The molecule has 0 saturated heterocycles. The molecule has 0 aliphatic heterocycles. The maximum atomic E-state index is 11.7. The molecule has 0 spiro atoms. The number of anilines is 1. The highest BCUT2D eigenvalue weighted by Gasteiger charge is 2.02. The first-order chi connectivity index (χ1) is 8.28. The molecule has 0 unspecified atom stereocenters. The topological polar surface area (TPSA) is 46.9 Å². The number of benzene rings is 1. The summed E-state index contributed by atoms with van der Waals surface area (Å²) in [5.41, 5.74) is 2.09. The van der Waals surface area contributed by atoms with E-state index in [1.165, 1.54) is 5.56 Å². The van der Waals surface area contributed by atoms with E-state index in [1.807, 2.05) is 24.3 Å². The number of hydrogen-bond acceptors (Lipinski definition) is 2. The van der Waals surface area contributed by atoms with Crippen molar-refractivity contribution in [2.45, 2.75) is 19.9 Å². The summed E-state index contributed by atoms with van der Waals surface area (Å²) in [7, 11) is 0. The summed E-state index contributed by atoms with van der Waals surface area (Å²) in [5.74, 6) is -0.0488. The highest BCUT2D eigenvalue weighted by Crippen LogP contribution is 2.09. The number of amides is 1. The molecular weight excluding hydrogens is 214 g/mol. The molecule has 4 nitrogen and oxygen atoms in total. The third-order valence-electron chi connectivity index (χ3n) is 2.53. The van der Waals surface area contributed by atoms with Crippen LogP contribution in [0, 0.1) is 0 Å². The standard InChI is InChI=1S/C13H15N3O/c1-2-11-3-5-12(6-4-11)15-13(17)9-16-8-7-14-10-16/h3-8,10H,2,9H2,1H3,(H,15,17). The largest absolute Gasteiger partial charge is 0.328 e. The molecule has 2 aromatic rings. The lowest BCUT2D eigenvalue weighted by atomic mass is 10.1. The average molecular weight is 229 g/mol. The van der Waals surface area contributed by atoms with Crippen LogP contribution >= 0.6 is 0 Å². The van der Waals surface area contributed by atoms with Gasteiger partial charge in [-0.1, -0.05) is 19.1 Å². The highest BCUT2D eigenvalue weighted by molar-refractivity contribution is 5.90. The molecule has 1 heterocycles. The molecule has 0 saturated carbocycles. The Labute approximate surface area is 100 Å². The zero-order chi connectivity index (χ0) is 12.1. The second kappa shape index (κ2) is 5.30. The van der Waals surface area contributed by atoms with Gasteiger partial charge in [-0.3, -0.25) is 4.79 Å². The summed E-state index contributed by atoms with van der Waals surface area (Å²) in [5, 5.41) is 2.84. The Balaban J connectivity index is 1.93. The molecule has 1 aromatic heterocycles. The van der Waals surface area contributed by atoms with E-state index < -0.39 is 0 Å². The summed E-state index contributed by atoms with van der Waals surface area (Å²) in [6, 6.07) is 7.88. The predicted octanol–water partition coefficient (Wildman–Crippen LogP) is 2.08. The summed E-state index contributed by atoms with van der Waals surface area (Å²) in [6.07, 6.45) is 6.05. The lowest BCUT2D eigenvalue weighted by molar-refractivity contribution is -0.116. The fourth-order valence-electron chi connectivity index (χ4n) is 1.57. The zero-order valence-electron chi connectivity index (χ0n) is 9.76. The third kappa shape index (κ3) is 3.17. The Morgan fingerprint density at radius 3 is 2.71 bits per heavy atom. The number of imidazole rings is 1. The number of rotatable bonds is 4. The van der Waals surface area contributed by atoms with Crippen molar-refractivity contribution < 1.29 is 4.79 Å². The minimum absolute atomic E-state index is 0.0488. The van der Waals surface area contributed by atoms with E-state index in [0.29, 0.717) is 0 Å². The lowest BCUT2D eigenvalue weighted by Crippen LogP contribution is -2.17. The first kappa shape index (κ1) is 11.4. The number of carbonyl (C=O) groups is 1. The van der Waals surface area contributed by atoms with Crippen LogP contribution in [0.5, 0.6) is 0 Å². The number of nitrogens with one attached hydrogen (secondary N) is 1. The van der Waals surface area contributed by atoms with E-state index >= 15 is 0 Å². The Bertz CT molecular complexity index is 474. The van der Waals surface area contributed by atoms with Crippen LogP contribution < -0.4 is 5.32 Å². The normalized spacial score (nSPS) is 10.2. The van der Waals surface area contributed by atoms with Crippen molar-refractivity contribution in [3.8, 4) is 0 Å². The van der Waals surface area contributed by atoms with Gasteiger partial charge in [-0.05, 0) is 24.1 Å². The SMILES string of the molecule is CCc1ccc(NC(=O)Cn2ccnc2)cc1. The van der Waals surface area contributed by atoms with Crippen molar-refractivity contribution in [1.82, 2.24) is 9.55 Å². The van der Waals surface area contributed by atoms with E-state index in [9.17, 15) is 4.79 Å². The van der Waals surface area contributed by atoms with Crippen molar-refractivity contribution >= 4 is 11.6 Å². The van der Waals surface area contributed by atoms with Crippen LogP contribution in [-0.4, -0.2) is 15.5 Å². The van der Waals surface area contributed by atoms with Crippen molar-refractivity contribution in [2.75, 3.05) is 5.32 Å². The average Bonchev–Trinajstić information content (AvgIpc) is 2.82. The van der Waals surface area contributed by atoms with Gasteiger partial charge in [0.25, 0.3) is 0 Å². The van der Waals surface area contributed by atoms with E-state index in [4.69, 9.17) is 0 Å². The second-order valence-corrected chi connectivity index (χ2v) is 3.83. The Morgan fingerprint density at radius 1 is 1.35 bits per heavy atom. The van der Waals surface area contributed by atoms with Crippen LogP contribution in [0.4, 0.5) is 5.69 Å². The first-order valence-corrected chi connectivity index (χ1v) is 5.62. The van der Waals surface area contributed by atoms with Gasteiger partial charge in [-0.25, -0.2) is 4.98 Å². The molecule has 1 amide bonds. The van der Waals surface area contributed by atoms with Gasteiger partial charge < -0.3 is 9.88 Å². The van der Waals surface area contributed by atoms with Gasteiger partial charge in [0.2, 0.25) is 5.91 Å². The fraction of sp³-hybridized carbons (Fsp3) is 0.231. The van der Waals surface area contributed by atoms with E-state index in [-0.39, 0.29) is 12.5 Å². The van der Waals surface area contributed by atoms with Gasteiger partial charge in [-0.15, -0.1) is 0 Å². The van der Waals surface area contributed by atoms with Gasteiger partial charge in [0.05, 0.1) is 6.33 Å². The molecular formula is C13H15N3O. The van der Waals surface area contributed by atoms with Crippen LogP contribution in [0.15, 0.2) is 43.0 Å². The van der Waals surface area contributed by atoms with Gasteiger partial charge in [-0.2, -0.15) is 0 Å². The number of carbonyl (C=O) groups excluding carboxylic acids is 1. The molecule has 1 aromatic carbocycles. The Kier molecular flexibility index (Phi) is 3.55. The molecule has 0 radical (unpaired) electrons. The molecule has 0 aliphatic rings. The molecule has 1 N–H and O–H groups in total. The molecule has 0 fully saturated rings. The van der Waals surface area contributed by atoms with Crippen molar-refractivity contribution in [3.63, 3.8) is 0 Å². The molecule has 0 atom stereocenters. The maximum Gasteiger partial charge on any atom is 0.244 e. The second-order valence-electron chi connectivity index (χ2n) is 3.83. The van der Waals surface area contributed by atoms with Crippen molar-refractivity contribution in [1.29, 1.82) is 0 Å². The number of aryl methyl sites for hydroxylation is 1. The summed E-state index contributed by atoms with van der Waals surface area (Å²) < 4.78 is 1.73. The maximum absolute atomic E-state index is 11.7. The van der Waals surface area contributed by atoms with E-state index in [0.717, 1.165) is 12.1 Å². The number of hydrogen-bond donors (Lipinski definition) is 1. The quantitative estimate of drug-likeness (QED) is 0.872. The van der Waals surface area contributed by atoms with Gasteiger partial charge >= 0.3 is 0 Å². The molecule has 0 bridgehead atoms. The molecule has 2 rings (SSSR count). The lowest BCUT2D eigenvalue weighted by Gasteiger charge is -2.06. The Hall–Kier alpha value is -2.10. The van der Waals surface area contributed by atoms with Crippen LogP contribution in [0.2, 0.25) is 0 Å². The Morgan fingerprint density at radius 2 is 2.12 bits per heavy atom. The minimum atomic E-state index is -0.0488. The monoisotopic (exact) mass is 229 g/mol. The summed E-state index contributed by atoms with van der Waals surface area (Å²) in [4.78, 5) is 15.6. The van der Waals surface area contributed by atoms with Crippen LogP contribution in [0.1, 0.15) is 12.5 Å². The molecule has 0 aliphatic carbocycles. The van der Waals surface area contributed by atoms with Crippen molar-refractivity contribution in [2.24, 2.45) is 0 Å². The molecule has 17 heavy (non-hydrogen) atoms. The van der Waals surface area contributed by atoms with Crippen molar-refractivity contribution in [3.05, 3.63) is 48.5 Å². The van der Waals surface area contributed by atoms with E-state index in [1.54, 1.807) is 23.3 Å². The number of aromatic nitrogens is 2. The van der Waals surface area contributed by atoms with E-state index in [2.05, 4.69) is 17.2 Å². The third-order valence-corrected chi connectivity index (χ3v) is 2.53. The summed E-state index contributed by atoms with van der Waals surface area (Å²) >= 11 is 0. The van der Waals surface area contributed by atoms with Crippen LogP contribution in [0.3, 0.4) is 0 Å². The van der Waals surface area contributed by atoms with Crippen LogP contribution in [-0.2, 0) is 17.8 Å². The molecule has 88 valence electrons. The smallest absolute Gasteiger partial charge is 0.244 e. The fourth-order valence-corrected chi connectivity index (χ4v) is 1.57. The first-order valence-electron chi connectivity index (χ1n) is 5.62. The van der Waals surface area contributed by atoms with Gasteiger partial charge in [0, 0.05) is 18.1 Å². The zero-order valence-corrected chi connectivity index (χ0v) is 9.76.